The number of hydrogen-bond donors (Lipinski definition) is 0. The molecule has 4 aromatic rings. The number of amidine groups is 1. The van der Waals surface area contributed by atoms with Gasteiger partial charge in [0.25, 0.3) is 5.91 Å². The van der Waals surface area contributed by atoms with E-state index in [9.17, 15) is 9.18 Å². The molecule has 0 spiro atoms. The highest BCUT2D eigenvalue weighted by Gasteiger charge is 2.33. The Morgan fingerprint density at radius 2 is 1.49 bits per heavy atom. The van der Waals surface area contributed by atoms with Crippen LogP contribution >= 0.6 is 11.8 Å². The van der Waals surface area contributed by atoms with Crippen LogP contribution in [0.25, 0.3) is 6.08 Å². The normalized spacial score (nSPS) is 15.5. The standard InChI is InChI=1S/C31H25FN2O2S/c32-27-13-7-12-26(18-27)22-36-28-16-14-23(15-17-28)19-29-30(35)34(21-25-10-5-2-6-11-25)31(37-29)33-20-24-8-3-1-4-9-24/h1-19H,20-22H2/b29-19+,33-31?. The van der Waals surface area contributed by atoms with Gasteiger partial charge >= 0.3 is 0 Å². The lowest BCUT2D eigenvalue weighted by Gasteiger charge is -2.15. The molecular weight excluding hydrogens is 483 g/mol. The second-order valence-electron chi connectivity index (χ2n) is 8.56. The average Bonchev–Trinajstić information content (AvgIpc) is 3.22. The van der Waals surface area contributed by atoms with Crippen LogP contribution in [0.5, 0.6) is 5.75 Å². The smallest absolute Gasteiger partial charge is 0.267 e. The number of rotatable bonds is 8. The van der Waals surface area contributed by atoms with Gasteiger partial charge < -0.3 is 4.74 Å². The zero-order valence-electron chi connectivity index (χ0n) is 20.1. The van der Waals surface area contributed by atoms with Crippen molar-refractivity contribution >= 4 is 28.9 Å². The SMILES string of the molecule is O=C1/C(=C\c2ccc(OCc3cccc(F)c3)cc2)SC(=NCc2ccccc2)N1Cc1ccccc1. The van der Waals surface area contributed by atoms with Crippen molar-refractivity contribution in [3.63, 3.8) is 0 Å². The van der Waals surface area contributed by atoms with E-state index in [0.717, 1.165) is 22.3 Å². The van der Waals surface area contributed by atoms with E-state index in [2.05, 4.69) is 0 Å². The Hall–Kier alpha value is -4.16. The van der Waals surface area contributed by atoms with Crippen LogP contribution in [0.1, 0.15) is 22.3 Å². The molecule has 37 heavy (non-hydrogen) atoms. The van der Waals surface area contributed by atoms with E-state index >= 15 is 0 Å². The fourth-order valence-corrected chi connectivity index (χ4v) is 4.85. The fraction of sp³-hybridized carbons (Fsp3) is 0.0968. The summed E-state index contributed by atoms with van der Waals surface area (Å²) in [4.78, 5) is 20.5. The molecule has 5 rings (SSSR count). The number of amides is 1. The average molecular weight is 509 g/mol. The maximum atomic E-state index is 13.4. The number of aliphatic imine (C=N–C) groups is 1. The van der Waals surface area contributed by atoms with Gasteiger partial charge in [-0.2, -0.15) is 0 Å². The summed E-state index contributed by atoms with van der Waals surface area (Å²) in [6, 6.07) is 33.8. The molecule has 4 nitrogen and oxygen atoms in total. The molecule has 0 atom stereocenters. The van der Waals surface area contributed by atoms with Crippen LogP contribution in [0.2, 0.25) is 0 Å². The van der Waals surface area contributed by atoms with Crippen LogP contribution in [0.15, 0.2) is 119 Å². The van der Waals surface area contributed by atoms with Gasteiger partial charge in [-0.05, 0) is 64.4 Å². The molecule has 1 heterocycles. The molecule has 4 aromatic carbocycles. The van der Waals surface area contributed by atoms with Crippen LogP contribution in [-0.4, -0.2) is 16.0 Å². The molecule has 0 aliphatic carbocycles. The van der Waals surface area contributed by atoms with Crippen LogP contribution in [0, 0.1) is 5.82 Å². The molecule has 0 unspecified atom stereocenters. The van der Waals surface area contributed by atoms with E-state index < -0.39 is 0 Å². The van der Waals surface area contributed by atoms with Gasteiger partial charge in [-0.3, -0.25) is 14.7 Å². The molecule has 0 N–H and O–H groups in total. The summed E-state index contributed by atoms with van der Waals surface area (Å²) in [5.74, 6) is 0.328. The molecule has 1 aliphatic rings. The fourth-order valence-electron chi connectivity index (χ4n) is 3.88. The van der Waals surface area contributed by atoms with Gasteiger partial charge in [0.1, 0.15) is 18.2 Å². The van der Waals surface area contributed by atoms with Crippen molar-refractivity contribution < 1.29 is 13.9 Å². The lowest BCUT2D eigenvalue weighted by atomic mass is 10.2. The second-order valence-corrected chi connectivity index (χ2v) is 9.57. The van der Waals surface area contributed by atoms with Crippen LogP contribution in [-0.2, 0) is 24.5 Å². The van der Waals surface area contributed by atoms with E-state index in [0.29, 0.717) is 28.9 Å². The van der Waals surface area contributed by atoms with Crippen molar-refractivity contribution in [1.29, 1.82) is 0 Å². The summed E-state index contributed by atoms with van der Waals surface area (Å²) in [6.45, 7) is 1.25. The third kappa shape index (κ3) is 6.54. The first-order valence-electron chi connectivity index (χ1n) is 11.9. The Labute approximate surface area is 220 Å². The van der Waals surface area contributed by atoms with E-state index in [-0.39, 0.29) is 18.3 Å². The topological polar surface area (TPSA) is 41.9 Å². The summed E-state index contributed by atoms with van der Waals surface area (Å²) in [5, 5.41) is 0.694. The molecule has 184 valence electrons. The summed E-state index contributed by atoms with van der Waals surface area (Å²) >= 11 is 1.39. The maximum Gasteiger partial charge on any atom is 0.267 e. The highest BCUT2D eigenvalue weighted by Crippen LogP contribution is 2.34. The summed E-state index contributed by atoms with van der Waals surface area (Å²) in [7, 11) is 0. The van der Waals surface area contributed by atoms with Crippen molar-refractivity contribution in [1.82, 2.24) is 4.90 Å². The number of thioether (sulfide) groups is 1. The molecule has 1 amide bonds. The van der Waals surface area contributed by atoms with Crippen LogP contribution in [0.3, 0.4) is 0 Å². The monoisotopic (exact) mass is 508 g/mol. The number of benzene rings is 4. The highest BCUT2D eigenvalue weighted by molar-refractivity contribution is 8.18. The van der Waals surface area contributed by atoms with Crippen LogP contribution < -0.4 is 4.74 Å². The molecular formula is C31H25FN2O2S. The predicted octanol–water partition coefficient (Wildman–Crippen LogP) is 7.08. The van der Waals surface area contributed by atoms with Gasteiger partial charge in [-0.1, -0.05) is 84.9 Å². The zero-order valence-corrected chi connectivity index (χ0v) is 20.9. The molecule has 0 radical (unpaired) electrons. The maximum absolute atomic E-state index is 13.4. The Balaban J connectivity index is 1.32. The minimum atomic E-state index is -0.283. The van der Waals surface area contributed by atoms with E-state index in [1.54, 1.807) is 11.0 Å². The third-order valence-corrected chi connectivity index (χ3v) is 6.83. The minimum absolute atomic E-state index is 0.0629. The van der Waals surface area contributed by atoms with Gasteiger partial charge in [0.05, 0.1) is 18.0 Å². The molecule has 0 aromatic heterocycles. The lowest BCUT2D eigenvalue weighted by Crippen LogP contribution is -2.28. The van der Waals surface area contributed by atoms with E-state index in [1.807, 2.05) is 97.1 Å². The Bertz CT molecular complexity index is 1420. The molecule has 6 heteroatoms. The number of carbonyl (C=O) groups excluding carboxylic acids is 1. The van der Waals surface area contributed by atoms with Crippen LogP contribution in [0.4, 0.5) is 4.39 Å². The third-order valence-electron chi connectivity index (χ3n) is 5.78. The lowest BCUT2D eigenvalue weighted by molar-refractivity contribution is -0.122. The van der Waals surface area contributed by atoms with Crippen molar-refractivity contribution in [2.75, 3.05) is 0 Å². The molecule has 0 saturated carbocycles. The zero-order chi connectivity index (χ0) is 25.5. The van der Waals surface area contributed by atoms with Gasteiger partial charge in [-0.25, -0.2) is 4.39 Å². The first-order valence-corrected chi connectivity index (χ1v) is 12.8. The largest absolute Gasteiger partial charge is 0.489 e. The minimum Gasteiger partial charge on any atom is -0.489 e. The number of hydrogen-bond acceptors (Lipinski definition) is 4. The van der Waals surface area contributed by atoms with Gasteiger partial charge in [0, 0.05) is 0 Å². The van der Waals surface area contributed by atoms with E-state index in [1.165, 1.54) is 23.9 Å². The first kappa shape index (κ1) is 24.5. The van der Waals surface area contributed by atoms with Crippen molar-refractivity contribution in [2.24, 2.45) is 4.99 Å². The van der Waals surface area contributed by atoms with Gasteiger partial charge in [0.2, 0.25) is 0 Å². The van der Waals surface area contributed by atoms with E-state index in [4.69, 9.17) is 9.73 Å². The first-order chi connectivity index (χ1) is 18.1. The molecule has 0 bridgehead atoms. The van der Waals surface area contributed by atoms with Crippen molar-refractivity contribution in [3.8, 4) is 5.75 Å². The summed E-state index contributed by atoms with van der Waals surface area (Å²) < 4.78 is 19.2. The number of ether oxygens (including phenoxy) is 1. The number of nitrogens with zero attached hydrogens (tertiary/aromatic N) is 2. The van der Waals surface area contributed by atoms with Gasteiger partial charge in [0.15, 0.2) is 5.17 Å². The summed E-state index contributed by atoms with van der Waals surface area (Å²) in [6.07, 6.45) is 1.88. The van der Waals surface area contributed by atoms with Crippen molar-refractivity contribution in [2.45, 2.75) is 19.7 Å². The molecule has 1 saturated heterocycles. The quantitative estimate of drug-likeness (QED) is 0.239. The summed E-state index contributed by atoms with van der Waals surface area (Å²) in [5.41, 5.74) is 3.79. The Morgan fingerprint density at radius 1 is 0.811 bits per heavy atom. The molecule has 1 fully saturated rings. The van der Waals surface area contributed by atoms with Gasteiger partial charge in [-0.15, -0.1) is 0 Å². The predicted molar refractivity (Wildman–Crippen MR) is 147 cm³/mol. The highest BCUT2D eigenvalue weighted by atomic mass is 32.2. The van der Waals surface area contributed by atoms with Crippen molar-refractivity contribution in [3.05, 3.63) is 142 Å². The number of halogens is 1. The second kappa shape index (κ2) is 11.7. The molecule has 1 aliphatic heterocycles. The Kier molecular flexibility index (Phi) is 7.77. The number of carbonyl (C=O) groups is 1. The Morgan fingerprint density at radius 3 is 2.19 bits per heavy atom.